The summed E-state index contributed by atoms with van der Waals surface area (Å²) in [6.45, 7) is 3.64. The van der Waals surface area contributed by atoms with Crippen LogP contribution in [0.15, 0.2) is 42.5 Å². The molecule has 2 aromatic rings. The summed E-state index contributed by atoms with van der Waals surface area (Å²) in [6.07, 6.45) is 1.07. The third-order valence-corrected chi connectivity index (χ3v) is 6.12. The summed E-state index contributed by atoms with van der Waals surface area (Å²) in [7, 11) is 1.26. The van der Waals surface area contributed by atoms with Gasteiger partial charge in [-0.2, -0.15) is 0 Å². The van der Waals surface area contributed by atoms with Gasteiger partial charge in [-0.3, -0.25) is 9.10 Å². The number of ether oxygens (including phenoxy) is 3. The SMILES string of the molecule is CC[C@@H](NC(=O)[C@H](C)Oc1ccc(N(C)S(C)(=O)=O)cc1)c1ccc(OC)c(OC)c1. The molecule has 0 aliphatic heterocycles. The molecule has 0 saturated carbocycles. The normalized spacial score (nSPS) is 13.1. The lowest BCUT2D eigenvalue weighted by molar-refractivity contribution is -0.128. The van der Waals surface area contributed by atoms with Crippen molar-refractivity contribution in [3.63, 3.8) is 0 Å². The van der Waals surface area contributed by atoms with E-state index >= 15 is 0 Å². The minimum absolute atomic E-state index is 0.218. The van der Waals surface area contributed by atoms with Crippen LogP contribution >= 0.6 is 0 Å². The Labute approximate surface area is 184 Å². The van der Waals surface area contributed by atoms with Crippen LogP contribution < -0.4 is 23.8 Å². The molecule has 1 N–H and O–H groups in total. The second kappa shape index (κ2) is 10.4. The molecule has 0 aromatic heterocycles. The molecule has 0 aliphatic rings. The summed E-state index contributed by atoms with van der Waals surface area (Å²) >= 11 is 0. The molecule has 0 aliphatic carbocycles. The molecule has 0 spiro atoms. The summed E-state index contributed by atoms with van der Waals surface area (Å²) in [4.78, 5) is 12.7. The zero-order chi connectivity index (χ0) is 23.2. The highest BCUT2D eigenvalue weighted by Gasteiger charge is 2.21. The van der Waals surface area contributed by atoms with Crippen LogP contribution in [0.3, 0.4) is 0 Å². The van der Waals surface area contributed by atoms with Gasteiger partial charge in [0.05, 0.1) is 32.2 Å². The van der Waals surface area contributed by atoms with Crippen molar-refractivity contribution >= 4 is 21.6 Å². The summed E-state index contributed by atoms with van der Waals surface area (Å²) < 4.78 is 40.8. The van der Waals surface area contributed by atoms with E-state index in [-0.39, 0.29) is 11.9 Å². The first-order valence-electron chi connectivity index (χ1n) is 9.83. The fraction of sp³-hybridized carbons (Fsp3) is 0.409. The first-order chi connectivity index (χ1) is 14.6. The minimum Gasteiger partial charge on any atom is -0.493 e. The van der Waals surface area contributed by atoms with Crippen LogP contribution in [0.25, 0.3) is 0 Å². The van der Waals surface area contributed by atoms with E-state index in [1.165, 1.54) is 11.4 Å². The monoisotopic (exact) mass is 450 g/mol. The van der Waals surface area contributed by atoms with Crippen LogP contribution in [0.4, 0.5) is 5.69 Å². The van der Waals surface area contributed by atoms with Gasteiger partial charge in [-0.05, 0) is 55.3 Å². The number of benzene rings is 2. The molecule has 1 amide bonds. The number of carbonyl (C=O) groups excluding carboxylic acids is 1. The fourth-order valence-electron chi connectivity index (χ4n) is 2.96. The Hall–Kier alpha value is -2.94. The van der Waals surface area contributed by atoms with Crippen molar-refractivity contribution in [2.75, 3.05) is 31.8 Å². The van der Waals surface area contributed by atoms with Gasteiger partial charge in [0.15, 0.2) is 17.6 Å². The van der Waals surface area contributed by atoms with Crippen molar-refractivity contribution in [1.82, 2.24) is 5.32 Å². The summed E-state index contributed by atoms with van der Waals surface area (Å²) in [5.41, 5.74) is 1.40. The average Bonchev–Trinajstić information content (AvgIpc) is 2.76. The van der Waals surface area contributed by atoms with Crippen molar-refractivity contribution in [2.45, 2.75) is 32.4 Å². The molecule has 2 rings (SSSR count). The van der Waals surface area contributed by atoms with Crippen LogP contribution in [0, 0.1) is 0 Å². The molecule has 8 nitrogen and oxygen atoms in total. The average molecular weight is 451 g/mol. The quantitative estimate of drug-likeness (QED) is 0.598. The Kier molecular flexibility index (Phi) is 8.15. The second-order valence-corrected chi connectivity index (χ2v) is 9.08. The number of anilines is 1. The first-order valence-corrected chi connectivity index (χ1v) is 11.7. The van der Waals surface area contributed by atoms with E-state index in [4.69, 9.17) is 14.2 Å². The van der Waals surface area contributed by atoms with E-state index in [9.17, 15) is 13.2 Å². The molecule has 0 saturated heterocycles. The lowest BCUT2D eigenvalue weighted by Gasteiger charge is -2.22. The number of carbonyl (C=O) groups is 1. The number of rotatable bonds is 10. The fourth-order valence-corrected chi connectivity index (χ4v) is 3.47. The molecule has 31 heavy (non-hydrogen) atoms. The number of nitrogens with zero attached hydrogens (tertiary/aromatic N) is 1. The second-order valence-electron chi connectivity index (χ2n) is 7.07. The Bertz CT molecular complexity index is 992. The van der Waals surface area contributed by atoms with E-state index in [1.54, 1.807) is 51.5 Å². The summed E-state index contributed by atoms with van der Waals surface area (Å²) in [5, 5.41) is 2.99. The zero-order valence-corrected chi connectivity index (χ0v) is 19.5. The van der Waals surface area contributed by atoms with Crippen LogP contribution in [-0.4, -0.2) is 48.0 Å². The van der Waals surface area contributed by atoms with E-state index in [0.717, 1.165) is 11.8 Å². The van der Waals surface area contributed by atoms with Crippen molar-refractivity contribution in [1.29, 1.82) is 0 Å². The Balaban J connectivity index is 2.05. The number of methoxy groups -OCH3 is 2. The summed E-state index contributed by atoms with van der Waals surface area (Å²) in [5.74, 6) is 1.41. The number of amides is 1. The molecular weight excluding hydrogens is 420 g/mol. The van der Waals surface area contributed by atoms with Crippen molar-refractivity contribution in [2.24, 2.45) is 0 Å². The van der Waals surface area contributed by atoms with E-state index in [1.807, 2.05) is 19.1 Å². The predicted octanol–water partition coefficient (Wildman–Crippen LogP) is 3.13. The number of sulfonamides is 1. The van der Waals surface area contributed by atoms with Crippen molar-refractivity contribution in [3.05, 3.63) is 48.0 Å². The lowest BCUT2D eigenvalue weighted by Crippen LogP contribution is -2.38. The largest absolute Gasteiger partial charge is 0.493 e. The van der Waals surface area contributed by atoms with Crippen LogP contribution in [-0.2, 0) is 14.8 Å². The molecule has 2 aromatic carbocycles. The maximum atomic E-state index is 12.7. The first kappa shape index (κ1) is 24.3. The van der Waals surface area contributed by atoms with Gasteiger partial charge >= 0.3 is 0 Å². The highest BCUT2D eigenvalue weighted by atomic mass is 32.2. The van der Waals surface area contributed by atoms with Crippen molar-refractivity contribution < 1.29 is 27.4 Å². The maximum Gasteiger partial charge on any atom is 0.261 e. The maximum absolute atomic E-state index is 12.7. The third kappa shape index (κ3) is 6.27. The molecule has 0 heterocycles. The van der Waals surface area contributed by atoms with Gasteiger partial charge in [-0.15, -0.1) is 0 Å². The van der Waals surface area contributed by atoms with Gasteiger partial charge in [0.2, 0.25) is 10.0 Å². The number of hydrogen-bond acceptors (Lipinski definition) is 6. The Morgan fingerprint density at radius 3 is 2.19 bits per heavy atom. The van der Waals surface area contributed by atoms with Gasteiger partial charge in [-0.1, -0.05) is 13.0 Å². The van der Waals surface area contributed by atoms with Gasteiger partial charge in [0.1, 0.15) is 5.75 Å². The van der Waals surface area contributed by atoms with E-state index in [2.05, 4.69) is 5.32 Å². The Morgan fingerprint density at radius 1 is 1.06 bits per heavy atom. The molecule has 170 valence electrons. The molecule has 0 bridgehead atoms. The highest BCUT2D eigenvalue weighted by Crippen LogP contribution is 2.31. The van der Waals surface area contributed by atoms with E-state index < -0.39 is 16.1 Å². The Morgan fingerprint density at radius 2 is 1.68 bits per heavy atom. The van der Waals surface area contributed by atoms with Crippen LogP contribution in [0.1, 0.15) is 31.9 Å². The third-order valence-electron chi connectivity index (χ3n) is 4.91. The van der Waals surface area contributed by atoms with Crippen molar-refractivity contribution in [3.8, 4) is 17.2 Å². The van der Waals surface area contributed by atoms with Crippen LogP contribution in [0.2, 0.25) is 0 Å². The van der Waals surface area contributed by atoms with Crippen LogP contribution in [0.5, 0.6) is 17.2 Å². The number of hydrogen-bond donors (Lipinski definition) is 1. The molecule has 9 heteroatoms. The topological polar surface area (TPSA) is 94.2 Å². The summed E-state index contributed by atoms with van der Waals surface area (Å²) in [6, 6.07) is 11.8. The standard InChI is InChI=1S/C22H30N2O6S/c1-7-19(16-8-13-20(28-4)21(14-16)29-5)23-22(25)15(2)30-18-11-9-17(10-12-18)24(3)31(6,26)27/h8-15,19H,7H2,1-6H3,(H,23,25)/t15-,19+/m0/s1. The van der Waals surface area contributed by atoms with Gasteiger partial charge < -0.3 is 19.5 Å². The number of nitrogens with one attached hydrogen (secondary N) is 1. The highest BCUT2D eigenvalue weighted by molar-refractivity contribution is 7.92. The minimum atomic E-state index is -3.35. The zero-order valence-electron chi connectivity index (χ0n) is 18.7. The van der Waals surface area contributed by atoms with Gasteiger partial charge in [0.25, 0.3) is 5.91 Å². The lowest BCUT2D eigenvalue weighted by atomic mass is 10.0. The van der Waals surface area contributed by atoms with Gasteiger partial charge in [0, 0.05) is 7.05 Å². The smallest absolute Gasteiger partial charge is 0.261 e. The van der Waals surface area contributed by atoms with Gasteiger partial charge in [-0.25, -0.2) is 8.42 Å². The molecular formula is C22H30N2O6S. The van der Waals surface area contributed by atoms with E-state index in [0.29, 0.717) is 29.4 Å². The molecule has 0 fully saturated rings. The predicted molar refractivity (Wildman–Crippen MR) is 120 cm³/mol. The molecule has 0 radical (unpaired) electrons. The molecule has 2 atom stereocenters. The molecule has 0 unspecified atom stereocenters.